The summed E-state index contributed by atoms with van der Waals surface area (Å²) in [5.74, 6) is 2.66. The predicted octanol–water partition coefficient (Wildman–Crippen LogP) is 3.51. The number of benzene rings is 2. The molecule has 0 aliphatic heterocycles. The molecule has 1 N–H and O–H groups in total. The van der Waals surface area contributed by atoms with Crippen LogP contribution in [0.25, 0.3) is 0 Å². The second-order valence-electron chi connectivity index (χ2n) is 3.87. The lowest BCUT2D eigenvalue weighted by Gasteiger charge is -2.17. The largest absolute Gasteiger partial charge is 0.386 e. The molecule has 0 heterocycles. The van der Waals surface area contributed by atoms with E-state index < -0.39 is 6.10 Å². The Balaban J connectivity index is 2.13. The van der Waals surface area contributed by atoms with Crippen LogP contribution in [-0.2, 0) is 0 Å². The van der Waals surface area contributed by atoms with Gasteiger partial charge < -0.3 is 5.11 Å². The zero-order chi connectivity index (χ0) is 12.8. The number of rotatable bonds is 4. The van der Waals surface area contributed by atoms with Gasteiger partial charge >= 0.3 is 0 Å². The minimum Gasteiger partial charge on any atom is -0.386 e. The van der Waals surface area contributed by atoms with E-state index in [1.807, 2.05) is 60.7 Å². The first-order valence-corrected chi connectivity index (χ1v) is 6.60. The summed E-state index contributed by atoms with van der Waals surface area (Å²) >= 11 is 1.51. The van der Waals surface area contributed by atoms with E-state index in [9.17, 15) is 5.11 Å². The average Bonchev–Trinajstić information content (AvgIpc) is 2.46. The third-order valence-corrected chi connectivity index (χ3v) is 3.79. The normalized spacial score (nSPS) is 13.6. The first-order valence-electron chi connectivity index (χ1n) is 5.72. The van der Waals surface area contributed by atoms with Crippen molar-refractivity contribution in [1.82, 2.24) is 0 Å². The summed E-state index contributed by atoms with van der Waals surface area (Å²) < 4.78 is 0. The Morgan fingerprint density at radius 3 is 2.06 bits per heavy atom. The summed E-state index contributed by atoms with van der Waals surface area (Å²) in [6.45, 7) is 0. The molecule has 18 heavy (non-hydrogen) atoms. The van der Waals surface area contributed by atoms with Gasteiger partial charge in [0.25, 0.3) is 0 Å². The fraction of sp³-hybridized carbons (Fsp3) is 0.125. The molecule has 0 spiro atoms. The molecule has 0 saturated carbocycles. The Morgan fingerprint density at radius 2 is 1.50 bits per heavy atom. The molecule has 0 aromatic heterocycles. The van der Waals surface area contributed by atoms with Crippen LogP contribution in [0.5, 0.6) is 0 Å². The van der Waals surface area contributed by atoms with E-state index in [0.29, 0.717) is 0 Å². The van der Waals surface area contributed by atoms with Gasteiger partial charge in [0.1, 0.15) is 11.4 Å². The number of aliphatic hydroxyl groups is 1. The van der Waals surface area contributed by atoms with Crippen LogP contribution in [0.4, 0.5) is 0 Å². The summed E-state index contributed by atoms with van der Waals surface area (Å²) in [6.07, 6.45) is 4.88. The standard InChI is InChI=1S/C16H14OS/c1-2-15(18-14-11-7-4-8-12-14)16(17)13-9-5-3-6-10-13/h1,3-12,15-17H/t15-,16-/m1/s1. The molecule has 0 aliphatic rings. The Morgan fingerprint density at radius 1 is 0.944 bits per heavy atom. The van der Waals surface area contributed by atoms with Crippen molar-refractivity contribution in [2.45, 2.75) is 16.2 Å². The molecular weight excluding hydrogens is 240 g/mol. The molecule has 2 heteroatoms. The van der Waals surface area contributed by atoms with E-state index in [1.54, 1.807) is 0 Å². The van der Waals surface area contributed by atoms with Gasteiger partial charge in [0.2, 0.25) is 0 Å². The number of hydrogen-bond acceptors (Lipinski definition) is 2. The minimum absolute atomic E-state index is 0.283. The van der Waals surface area contributed by atoms with Crippen molar-refractivity contribution in [3.8, 4) is 12.3 Å². The van der Waals surface area contributed by atoms with E-state index in [1.165, 1.54) is 11.8 Å². The van der Waals surface area contributed by atoms with Gasteiger partial charge in [-0.3, -0.25) is 0 Å². The molecule has 0 radical (unpaired) electrons. The molecule has 0 unspecified atom stereocenters. The topological polar surface area (TPSA) is 20.2 Å². The maximum atomic E-state index is 10.3. The number of terminal acetylenes is 1. The third kappa shape index (κ3) is 3.16. The Labute approximate surface area is 112 Å². The molecule has 0 fully saturated rings. The Kier molecular flexibility index (Phi) is 4.46. The van der Waals surface area contributed by atoms with Gasteiger partial charge in [-0.1, -0.05) is 54.5 Å². The highest BCUT2D eigenvalue weighted by Crippen LogP contribution is 2.31. The zero-order valence-electron chi connectivity index (χ0n) is 9.86. The van der Waals surface area contributed by atoms with Crippen LogP contribution in [0.15, 0.2) is 65.6 Å². The van der Waals surface area contributed by atoms with Crippen LogP contribution in [0.2, 0.25) is 0 Å². The predicted molar refractivity (Wildman–Crippen MR) is 76.3 cm³/mol. The van der Waals surface area contributed by atoms with Crippen molar-refractivity contribution < 1.29 is 5.11 Å². The second-order valence-corrected chi connectivity index (χ2v) is 5.09. The van der Waals surface area contributed by atoms with Crippen molar-refractivity contribution in [3.63, 3.8) is 0 Å². The van der Waals surface area contributed by atoms with E-state index >= 15 is 0 Å². The van der Waals surface area contributed by atoms with Gasteiger partial charge in [0.15, 0.2) is 0 Å². The number of aliphatic hydroxyl groups excluding tert-OH is 1. The van der Waals surface area contributed by atoms with Gasteiger partial charge in [-0.2, -0.15) is 0 Å². The van der Waals surface area contributed by atoms with Crippen molar-refractivity contribution in [2.24, 2.45) is 0 Å². The highest BCUT2D eigenvalue weighted by molar-refractivity contribution is 8.00. The number of thioether (sulfide) groups is 1. The molecule has 2 rings (SSSR count). The van der Waals surface area contributed by atoms with E-state index in [4.69, 9.17) is 6.42 Å². The van der Waals surface area contributed by atoms with Crippen LogP contribution in [-0.4, -0.2) is 10.4 Å². The summed E-state index contributed by atoms with van der Waals surface area (Å²) in [7, 11) is 0. The Bertz CT molecular complexity index is 516. The summed E-state index contributed by atoms with van der Waals surface area (Å²) in [4.78, 5) is 1.07. The van der Waals surface area contributed by atoms with Crippen molar-refractivity contribution in [2.75, 3.05) is 0 Å². The molecule has 2 aromatic rings. The van der Waals surface area contributed by atoms with Gasteiger partial charge in [0, 0.05) is 4.90 Å². The van der Waals surface area contributed by atoms with Crippen molar-refractivity contribution in [1.29, 1.82) is 0 Å². The van der Waals surface area contributed by atoms with Crippen LogP contribution in [0.3, 0.4) is 0 Å². The van der Waals surface area contributed by atoms with Crippen molar-refractivity contribution >= 4 is 11.8 Å². The van der Waals surface area contributed by atoms with E-state index in [0.717, 1.165) is 10.5 Å². The van der Waals surface area contributed by atoms with Crippen molar-refractivity contribution in [3.05, 3.63) is 66.2 Å². The molecule has 0 saturated heterocycles. The smallest absolute Gasteiger partial charge is 0.102 e. The monoisotopic (exact) mass is 254 g/mol. The maximum Gasteiger partial charge on any atom is 0.102 e. The zero-order valence-corrected chi connectivity index (χ0v) is 10.7. The quantitative estimate of drug-likeness (QED) is 0.665. The summed E-state index contributed by atoms with van der Waals surface area (Å²) in [5.41, 5.74) is 0.851. The molecule has 2 atom stereocenters. The second kappa shape index (κ2) is 6.30. The van der Waals surface area contributed by atoms with Crippen LogP contribution in [0.1, 0.15) is 11.7 Å². The van der Waals surface area contributed by atoms with Crippen LogP contribution in [0, 0.1) is 12.3 Å². The minimum atomic E-state index is -0.651. The molecule has 0 amide bonds. The molecule has 0 aliphatic carbocycles. The van der Waals surface area contributed by atoms with Gasteiger partial charge in [-0.05, 0) is 17.7 Å². The van der Waals surface area contributed by atoms with Gasteiger partial charge in [-0.25, -0.2) is 0 Å². The lowest BCUT2D eigenvalue weighted by Crippen LogP contribution is -2.12. The molecule has 0 bridgehead atoms. The molecular formula is C16H14OS. The fourth-order valence-corrected chi connectivity index (χ4v) is 2.62. The first-order chi connectivity index (χ1) is 8.81. The van der Waals surface area contributed by atoms with Gasteiger partial charge in [-0.15, -0.1) is 18.2 Å². The van der Waals surface area contributed by atoms with Crippen LogP contribution >= 0.6 is 11.8 Å². The lowest BCUT2D eigenvalue weighted by molar-refractivity contribution is 0.189. The first kappa shape index (κ1) is 12.8. The third-order valence-electron chi connectivity index (χ3n) is 2.60. The van der Waals surface area contributed by atoms with E-state index in [2.05, 4.69) is 5.92 Å². The highest BCUT2D eigenvalue weighted by Gasteiger charge is 2.19. The molecule has 1 nitrogen and oxygen atoms in total. The van der Waals surface area contributed by atoms with E-state index in [-0.39, 0.29) is 5.25 Å². The molecule has 90 valence electrons. The van der Waals surface area contributed by atoms with Gasteiger partial charge in [0.05, 0.1) is 0 Å². The summed E-state index contributed by atoms with van der Waals surface area (Å²) in [5, 5.41) is 10.00. The fourth-order valence-electron chi connectivity index (χ4n) is 1.66. The maximum absolute atomic E-state index is 10.3. The summed E-state index contributed by atoms with van der Waals surface area (Å²) in [6, 6.07) is 19.4. The van der Waals surface area contributed by atoms with Crippen LogP contribution < -0.4 is 0 Å². The Hall–Kier alpha value is -1.69. The highest BCUT2D eigenvalue weighted by atomic mass is 32.2. The number of hydrogen-bond donors (Lipinski definition) is 1. The SMILES string of the molecule is C#C[C@@H](Sc1ccccc1)[C@H](O)c1ccccc1. The molecule has 2 aromatic carbocycles. The lowest BCUT2D eigenvalue weighted by atomic mass is 10.1. The average molecular weight is 254 g/mol.